The highest BCUT2D eigenvalue weighted by Crippen LogP contribution is 2.43. The molecule has 1 aromatic rings. The third-order valence-corrected chi connectivity index (χ3v) is 4.23. The van der Waals surface area contributed by atoms with Crippen molar-refractivity contribution in [2.24, 2.45) is 5.41 Å². The molecule has 6 heteroatoms. The summed E-state index contributed by atoms with van der Waals surface area (Å²) >= 11 is 0. The molecular formula is C21H31NO5. The van der Waals surface area contributed by atoms with Crippen molar-refractivity contribution in [3.8, 4) is 17.2 Å². The summed E-state index contributed by atoms with van der Waals surface area (Å²) in [6, 6.07) is 3.45. The van der Waals surface area contributed by atoms with Gasteiger partial charge < -0.3 is 23.8 Å². The van der Waals surface area contributed by atoms with Gasteiger partial charge in [-0.3, -0.25) is 4.79 Å². The second kappa shape index (κ2) is 8.65. The van der Waals surface area contributed by atoms with Crippen molar-refractivity contribution in [2.45, 2.75) is 33.3 Å². The Balaban J connectivity index is 2.43. The number of ketones is 1. The van der Waals surface area contributed by atoms with Crippen LogP contribution in [0.5, 0.6) is 17.2 Å². The zero-order valence-electron chi connectivity index (χ0n) is 17.4. The second-order valence-electron chi connectivity index (χ2n) is 7.94. The van der Waals surface area contributed by atoms with Crippen molar-refractivity contribution >= 4 is 5.78 Å². The van der Waals surface area contributed by atoms with E-state index in [1.165, 1.54) is 0 Å². The Labute approximate surface area is 162 Å². The molecule has 1 atom stereocenters. The van der Waals surface area contributed by atoms with Crippen LogP contribution < -0.4 is 14.2 Å². The molecule has 0 saturated heterocycles. The van der Waals surface area contributed by atoms with E-state index in [2.05, 4.69) is 20.8 Å². The molecular weight excluding hydrogens is 346 g/mol. The predicted octanol–water partition coefficient (Wildman–Crippen LogP) is 3.55. The lowest BCUT2D eigenvalue weighted by molar-refractivity contribution is 0.0785. The first kappa shape index (κ1) is 21.1. The van der Waals surface area contributed by atoms with Crippen LogP contribution in [0.2, 0.25) is 0 Å². The molecule has 0 N–H and O–H groups in total. The molecule has 27 heavy (non-hydrogen) atoms. The standard InChI is InChI=1S/C21H31NO5/c1-21(2,3)20-15(13-22(4)5)19(23)14-11-17(25-7)18(12-16(14)27-20)26-10-8-9-24-6/h11-13,20H,8-10H2,1-7H3/t20-/m0/s1. The number of fused-ring (bicyclic) bond motifs is 1. The first-order valence-electron chi connectivity index (χ1n) is 9.12. The summed E-state index contributed by atoms with van der Waals surface area (Å²) in [5, 5.41) is 0. The zero-order valence-corrected chi connectivity index (χ0v) is 17.4. The lowest BCUT2D eigenvalue weighted by atomic mass is 9.80. The van der Waals surface area contributed by atoms with E-state index in [0.29, 0.717) is 41.6 Å². The van der Waals surface area contributed by atoms with Gasteiger partial charge in [-0.1, -0.05) is 20.8 Å². The van der Waals surface area contributed by atoms with Gasteiger partial charge in [0.25, 0.3) is 0 Å². The Kier molecular flexibility index (Phi) is 6.76. The fourth-order valence-electron chi connectivity index (χ4n) is 2.99. The summed E-state index contributed by atoms with van der Waals surface area (Å²) in [5.41, 5.74) is 0.884. The molecule has 0 saturated carbocycles. The molecule has 0 aromatic heterocycles. The SMILES string of the molecule is COCCCOc1cc2c(cc1OC)C(=O)C(=CN(C)C)[C@@H](C(C)(C)C)O2. The summed E-state index contributed by atoms with van der Waals surface area (Å²) in [6.45, 7) is 7.29. The topological polar surface area (TPSA) is 57.2 Å². The Morgan fingerprint density at radius 2 is 1.85 bits per heavy atom. The van der Waals surface area contributed by atoms with Gasteiger partial charge in [0.2, 0.25) is 0 Å². The Bertz CT molecular complexity index is 703. The van der Waals surface area contributed by atoms with E-state index in [9.17, 15) is 4.79 Å². The highest BCUT2D eigenvalue weighted by Gasteiger charge is 2.40. The third kappa shape index (κ3) is 4.95. The number of nitrogens with zero attached hydrogens (tertiary/aromatic N) is 1. The molecule has 150 valence electrons. The predicted molar refractivity (Wildman–Crippen MR) is 105 cm³/mol. The van der Waals surface area contributed by atoms with Gasteiger partial charge in [-0.25, -0.2) is 0 Å². The molecule has 1 aliphatic heterocycles. The van der Waals surface area contributed by atoms with Gasteiger partial charge in [-0.15, -0.1) is 0 Å². The minimum Gasteiger partial charge on any atom is -0.493 e. The van der Waals surface area contributed by atoms with Gasteiger partial charge in [-0.2, -0.15) is 0 Å². The Morgan fingerprint density at radius 3 is 2.41 bits per heavy atom. The molecule has 1 aromatic carbocycles. The van der Waals surface area contributed by atoms with Crippen LogP contribution >= 0.6 is 0 Å². The normalized spacial score (nSPS) is 18.1. The van der Waals surface area contributed by atoms with Gasteiger partial charge in [0, 0.05) is 51.9 Å². The van der Waals surface area contributed by atoms with Crippen molar-refractivity contribution in [1.82, 2.24) is 4.90 Å². The fraction of sp³-hybridized carbons (Fsp3) is 0.571. The van der Waals surface area contributed by atoms with E-state index in [4.69, 9.17) is 18.9 Å². The first-order chi connectivity index (χ1) is 12.7. The number of benzene rings is 1. The number of rotatable bonds is 7. The molecule has 1 aliphatic rings. The number of carbonyl (C=O) groups excluding carboxylic acids is 1. The Morgan fingerprint density at radius 1 is 1.15 bits per heavy atom. The molecule has 0 bridgehead atoms. The molecule has 0 aliphatic carbocycles. The minimum absolute atomic E-state index is 0.0471. The molecule has 0 fully saturated rings. The van der Waals surface area contributed by atoms with Gasteiger partial charge in [0.05, 0.1) is 24.9 Å². The number of hydrogen-bond acceptors (Lipinski definition) is 6. The van der Waals surface area contributed by atoms with Gasteiger partial charge in [0.15, 0.2) is 17.3 Å². The van der Waals surface area contributed by atoms with Crippen LogP contribution in [-0.2, 0) is 4.74 Å². The van der Waals surface area contributed by atoms with Crippen LogP contribution in [0.25, 0.3) is 0 Å². The molecule has 6 nitrogen and oxygen atoms in total. The van der Waals surface area contributed by atoms with Crippen molar-refractivity contribution < 1.29 is 23.7 Å². The lowest BCUT2D eigenvalue weighted by Crippen LogP contribution is -2.40. The number of ether oxygens (including phenoxy) is 4. The average molecular weight is 377 g/mol. The summed E-state index contributed by atoms with van der Waals surface area (Å²) in [5.74, 6) is 1.56. The van der Waals surface area contributed by atoms with Crippen molar-refractivity contribution in [2.75, 3.05) is 41.5 Å². The van der Waals surface area contributed by atoms with E-state index < -0.39 is 0 Å². The van der Waals surface area contributed by atoms with E-state index in [1.54, 1.807) is 26.4 Å². The highest BCUT2D eigenvalue weighted by atomic mass is 16.5. The maximum absolute atomic E-state index is 13.2. The number of Topliss-reactive ketones (excluding diaryl/α,β-unsaturated/α-hetero) is 1. The molecule has 0 spiro atoms. The molecule has 2 rings (SSSR count). The maximum Gasteiger partial charge on any atom is 0.198 e. The second-order valence-corrected chi connectivity index (χ2v) is 7.94. The largest absolute Gasteiger partial charge is 0.493 e. The molecule has 0 unspecified atom stereocenters. The number of methoxy groups -OCH3 is 2. The monoisotopic (exact) mass is 377 g/mol. The van der Waals surface area contributed by atoms with Crippen LogP contribution in [0.3, 0.4) is 0 Å². The van der Waals surface area contributed by atoms with Crippen LogP contribution in [0.1, 0.15) is 37.6 Å². The number of carbonyl (C=O) groups is 1. The van der Waals surface area contributed by atoms with E-state index >= 15 is 0 Å². The van der Waals surface area contributed by atoms with Gasteiger partial charge in [-0.05, 0) is 6.07 Å². The number of hydrogen-bond donors (Lipinski definition) is 0. The maximum atomic E-state index is 13.2. The van der Waals surface area contributed by atoms with Crippen LogP contribution in [0, 0.1) is 5.41 Å². The highest BCUT2D eigenvalue weighted by molar-refractivity contribution is 6.12. The minimum atomic E-state index is -0.352. The van der Waals surface area contributed by atoms with Crippen molar-refractivity contribution in [3.63, 3.8) is 0 Å². The average Bonchev–Trinajstić information content (AvgIpc) is 2.59. The van der Waals surface area contributed by atoms with Crippen LogP contribution in [0.15, 0.2) is 23.9 Å². The zero-order chi connectivity index (χ0) is 20.2. The van der Waals surface area contributed by atoms with Gasteiger partial charge in [0.1, 0.15) is 11.9 Å². The van der Waals surface area contributed by atoms with Crippen molar-refractivity contribution in [1.29, 1.82) is 0 Å². The van der Waals surface area contributed by atoms with E-state index in [0.717, 1.165) is 6.42 Å². The molecule has 0 radical (unpaired) electrons. The summed E-state index contributed by atoms with van der Waals surface area (Å²) in [7, 11) is 7.01. The first-order valence-corrected chi connectivity index (χ1v) is 9.12. The summed E-state index contributed by atoms with van der Waals surface area (Å²) < 4.78 is 22.6. The smallest absolute Gasteiger partial charge is 0.198 e. The summed E-state index contributed by atoms with van der Waals surface area (Å²) in [6.07, 6.45) is 2.24. The van der Waals surface area contributed by atoms with E-state index in [1.807, 2.05) is 25.2 Å². The lowest BCUT2D eigenvalue weighted by Gasteiger charge is -2.37. The fourth-order valence-corrected chi connectivity index (χ4v) is 2.99. The summed E-state index contributed by atoms with van der Waals surface area (Å²) in [4.78, 5) is 15.1. The van der Waals surface area contributed by atoms with E-state index in [-0.39, 0.29) is 17.3 Å². The van der Waals surface area contributed by atoms with Crippen LogP contribution in [0.4, 0.5) is 0 Å². The molecule has 1 heterocycles. The quantitative estimate of drug-likeness (QED) is 0.535. The Hall–Kier alpha value is -2.21. The van der Waals surface area contributed by atoms with Crippen molar-refractivity contribution in [3.05, 3.63) is 29.5 Å². The molecule has 0 amide bonds. The third-order valence-electron chi connectivity index (χ3n) is 4.23. The van der Waals surface area contributed by atoms with Gasteiger partial charge >= 0.3 is 0 Å². The van der Waals surface area contributed by atoms with Crippen LogP contribution in [-0.4, -0.2) is 58.3 Å².